The molecule has 0 aromatic heterocycles. The lowest BCUT2D eigenvalue weighted by molar-refractivity contribution is -0.115. The number of methoxy groups -OCH3 is 1. The molecule has 6 heteroatoms. The van der Waals surface area contributed by atoms with Gasteiger partial charge in [-0.25, -0.2) is 9.38 Å². The predicted molar refractivity (Wildman–Crippen MR) is 94.9 cm³/mol. The van der Waals surface area contributed by atoms with Crippen molar-refractivity contribution in [3.8, 4) is 5.75 Å². The van der Waals surface area contributed by atoms with Crippen molar-refractivity contribution in [3.05, 3.63) is 64.3 Å². The monoisotopic (exact) mass is 342 g/mol. The van der Waals surface area contributed by atoms with Crippen LogP contribution in [0.15, 0.2) is 52.4 Å². The van der Waals surface area contributed by atoms with Crippen molar-refractivity contribution in [2.45, 2.75) is 6.92 Å². The van der Waals surface area contributed by atoms with Crippen LogP contribution in [-0.4, -0.2) is 18.2 Å². The van der Waals surface area contributed by atoms with Gasteiger partial charge in [-0.3, -0.25) is 4.79 Å². The molecule has 0 bridgehead atoms. The fraction of sp³-hybridized carbons (Fsp3) is 0.111. The Labute approximate surface area is 143 Å². The Morgan fingerprint density at radius 3 is 2.62 bits per heavy atom. The van der Waals surface area contributed by atoms with E-state index in [2.05, 4.69) is 10.3 Å². The molecule has 0 saturated carbocycles. The Hall–Kier alpha value is -2.60. The number of amidine groups is 1. The third-order valence-corrected chi connectivity index (χ3v) is 4.33. The first-order valence-corrected chi connectivity index (χ1v) is 8.06. The molecule has 0 unspecified atom stereocenters. The van der Waals surface area contributed by atoms with E-state index in [1.807, 2.05) is 25.1 Å². The fourth-order valence-corrected chi connectivity index (χ4v) is 3.10. The first-order chi connectivity index (χ1) is 11.5. The number of nitrogens with one attached hydrogen (secondary N) is 1. The summed E-state index contributed by atoms with van der Waals surface area (Å²) in [5.74, 6) is 0.283. The standard InChI is InChI=1S/C18H15FN2O2S/c1-11-9-12(3-8-15(11)23-2)10-16-17(22)21-18(24-16)20-14-6-4-13(19)5-7-14/h3-10H,1-2H3,(H,20,21,22)/b16-10-. The molecule has 24 heavy (non-hydrogen) atoms. The average Bonchev–Trinajstić information content (AvgIpc) is 2.89. The van der Waals surface area contributed by atoms with Crippen LogP contribution in [0.1, 0.15) is 11.1 Å². The summed E-state index contributed by atoms with van der Waals surface area (Å²) in [6.07, 6.45) is 1.81. The van der Waals surface area contributed by atoms with E-state index < -0.39 is 0 Å². The summed E-state index contributed by atoms with van der Waals surface area (Å²) in [6.45, 7) is 1.95. The number of carbonyl (C=O) groups excluding carboxylic acids is 1. The molecule has 0 atom stereocenters. The molecule has 1 N–H and O–H groups in total. The summed E-state index contributed by atoms with van der Waals surface area (Å²) in [5, 5.41) is 3.19. The molecule has 0 radical (unpaired) electrons. The van der Waals surface area contributed by atoms with E-state index in [4.69, 9.17) is 4.74 Å². The van der Waals surface area contributed by atoms with Gasteiger partial charge >= 0.3 is 0 Å². The zero-order chi connectivity index (χ0) is 17.1. The predicted octanol–water partition coefficient (Wildman–Crippen LogP) is 4.03. The van der Waals surface area contributed by atoms with Gasteiger partial charge in [0.25, 0.3) is 5.91 Å². The number of rotatable bonds is 3. The Morgan fingerprint density at radius 2 is 1.96 bits per heavy atom. The number of halogens is 1. The van der Waals surface area contributed by atoms with Gasteiger partial charge in [-0.2, -0.15) is 0 Å². The van der Waals surface area contributed by atoms with Gasteiger partial charge in [0, 0.05) is 0 Å². The van der Waals surface area contributed by atoms with Crippen LogP contribution in [-0.2, 0) is 4.79 Å². The zero-order valence-electron chi connectivity index (χ0n) is 13.2. The Balaban J connectivity index is 1.81. The van der Waals surface area contributed by atoms with Crippen LogP contribution in [0.2, 0.25) is 0 Å². The van der Waals surface area contributed by atoms with Crippen molar-refractivity contribution in [2.75, 3.05) is 7.11 Å². The lowest BCUT2D eigenvalue weighted by Gasteiger charge is -2.04. The molecular formula is C18H15FN2O2S. The van der Waals surface area contributed by atoms with Gasteiger partial charge in [-0.15, -0.1) is 0 Å². The van der Waals surface area contributed by atoms with Crippen LogP contribution in [0.25, 0.3) is 6.08 Å². The molecule has 1 aliphatic heterocycles. The van der Waals surface area contributed by atoms with Crippen LogP contribution in [0.5, 0.6) is 5.75 Å². The van der Waals surface area contributed by atoms with E-state index in [9.17, 15) is 9.18 Å². The zero-order valence-corrected chi connectivity index (χ0v) is 14.0. The van der Waals surface area contributed by atoms with Gasteiger partial charge in [-0.1, -0.05) is 6.07 Å². The second-order valence-electron chi connectivity index (χ2n) is 5.19. The maximum atomic E-state index is 12.9. The fourth-order valence-electron chi connectivity index (χ4n) is 2.26. The van der Waals surface area contributed by atoms with Crippen LogP contribution in [0.3, 0.4) is 0 Å². The van der Waals surface area contributed by atoms with Gasteiger partial charge in [-0.05, 0) is 72.3 Å². The highest BCUT2D eigenvalue weighted by Gasteiger charge is 2.23. The number of carbonyl (C=O) groups is 1. The molecule has 4 nitrogen and oxygen atoms in total. The number of benzene rings is 2. The summed E-state index contributed by atoms with van der Waals surface area (Å²) in [7, 11) is 1.62. The van der Waals surface area contributed by atoms with Crippen molar-refractivity contribution in [1.82, 2.24) is 5.32 Å². The first-order valence-electron chi connectivity index (χ1n) is 7.25. The third kappa shape index (κ3) is 3.65. The second kappa shape index (κ2) is 6.88. The molecule has 0 spiro atoms. The number of hydrogen-bond donors (Lipinski definition) is 1. The Kier molecular flexibility index (Phi) is 4.66. The highest BCUT2D eigenvalue weighted by atomic mass is 32.2. The highest BCUT2D eigenvalue weighted by molar-refractivity contribution is 8.18. The Bertz CT molecular complexity index is 845. The van der Waals surface area contributed by atoms with Crippen molar-refractivity contribution in [2.24, 2.45) is 4.99 Å². The van der Waals surface area contributed by atoms with Crippen LogP contribution < -0.4 is 10.1 Å². The number of aliphatic imine (C=N–C) groups is 1. The Morgan fingerprint density at radius 1 is 1.21 bits per heavy atom. The number of aryl methyl sites for hydroxylation is 1. The molecular weight excluding hydrogens is 327 g/mol. The molecule has 1 amide bonds. The smallest absolute Gasteiger partial charge is 0.264 e. The van der Waals surface area contributed by atoms with E-state index in [0.29, 0.717) is 15.8 Å². The maximum absolute atomic E-state index is 12.9. The van der Waals surface area contributed by atoms with Gasteiger partial charge in [0.05, 0.1) is 17.7 Å². The maximum Gasteiger partial charge on any atom is 0.264 e. The molecule has 0 aliphatic carbocycles. The van der Waals surface area contributed by atoms with Gasteiger partial charge in [0.15, 0.2) is 5.17 Å². The van der Waals surface area contributed by atoms with E-state index in [1.54, 1.807) is 25.3 Å². The van der Waals surface area contributed by atoms with Crippen molar-refractivity contribution < 1.29 is 13.9 Å². The number of amides is 1. The van der Waals surface area contributed by atoms with Crippen molar-refractivity contribution in [3.63, 3.8) is 0 Å². The minimum atomic E-state index is -0.322. The normalized spacial score (nSPS) is 17.4. The lowest BCUT2D eigenvalue weighted by atomic mass is 10.1. The number of ether oxygens (including phenoxy) is 1. The van der Waals surface area contributed by atoms with Crippen molar-refractivity contribution in [1.29, 1.82) is 0 Å². The topological polar surface area (TPSA) is 50.7 Å². The molecule has 122 valence electrons. The molecule has 1 heterocycles. The summed E-state index contributed by atoms with van der Waals surface area (Å²) < 4.78 is 18.1. The highest BCUT2D eigenvalue weighted by Crippen LogP contribution is 2.29. The summed E-state index contributed by atoms with van der Waals surface area (Å²) in [4.78, 5) is 16.9. The van der Waals surface area contributed by atoms with Crippen LogP contribution >= 0.6 is 11.8 Å². The van der Waals surface area contributed by atoms with E-state index in [1.165, 1.54) is 23.9 Å². The minimum absolute atomic E-state index is 0.200. The van der Waals surface area contributed by atoms with Crippen molar-refractivity contribution >= 4 is 34.6 Å². The van der Waals surface area contributed by atoms with E-state index >= 15 is 0 Å². The summed E-state index contributed by atoms with van der Waals surface area (Å²) in [5.41, 5.74) is 2.49. The van der Waals surface area contributed by atoms with Gasteiger partial charge < -0.3 is 10.1 Å². The summed E-state index contributed by atoms with van der Waals surface area (Å²) >= 11 is 1.25. The molecule has 1 saturated heterocycles. The van der Waals surface area contributed by atoms with Gasteiger partial charge in [0.1, 0.15) is 11.6 Å². The quantitative estimate of drug-likeness (QED) is 0.857. The van der Waals surface area contributed by atoms with E-state index in [0.717, 1.165) is 16.9 Å². The number of nitrogens with zero attached hydrogens (tertiary/aromatic N) is 1. The first kappa shape index (κ1) is 16.3. The number of thioether (sulfide) groups is 1. The average molecular weight is 342 g/mol. The number of hydrogen-bond acceptors (Lipinski definition) is 4. The molecule has 1 aliphatic rings. The van der Waals surface area contributed by atoms with Gasteiger partial charge in [0.2, 0.25) is 0 Å². The van der Waals surface area contributed by atoms with Crippen LogP contribution in [0, 0.1) is 12.7 Å². The van der Waals surface area contributed by atoms with E-state index in [-0.39, 0.29) is 11.7 Å². The largest absolute Gasteiger partial charge is 0.496 e. The SMILES string of the molecule is COc1ccc(/C=C2\SC(=Nc3ccc(F)cc3)NC2=O)cc1C. The second-order valence-corrected chi connectivity index (χ2v) is 6.22. The molecule has 2 aromatic rings. The summed E-state index contributed by atoms with van der Waals surface area (Å²) in [6, 6.07) is 11.5. The molecule has 1 fully saturated rings. The molecule has 3 rings (SSSR count). The lowest BCUT2D eigenvalue weighted by Crippen LogP contribution is -2.19. The minimum Gasteiger partial charge on any atom is -0.496 e. The molecule has 2 aromatic carbocycles. The third-order valence-electron chi connectivity index (χ3n) is 3.42. The van der Waals surface area contributed by atoms with Crippen LogP contribution in [0.4, 0.5) is 10.1 Å².